The first kappa shape index (κ1) is 8.53. The van der Waals surface area contributed by atoms with Gasteiger partial charge in [-0.3, -0.25) is 0 Å². The van der Waals surface area contributed by atoms with Gasteiger partial charge in [0.05, 0.1) is 6.04 Å². The number of para-hydroxylation sites is 1. The number of aliphatic hydroxyl groups is 1. The van der Waals surface area contributed by atoms with E-state index in [2.05, 4.69) is 0 Å². The molecule has 1 aromatic carbocycles. The fourth-order valence-corrected chi connectivity index (χ4v) is 1.61. The number of aliphatic hydroxyl groups excluding tert-OH is 1. The molecule has 13 heavy (non-hydrogen) atoms. The fraction of sp³-hybridized carbons (Fsp3) is 0.400. The van der Waals surface area contributed by atoms with Crippen molar-refractivity contribution < 1.29 is 9.84 Å². The van der Waals surface area contributed by atoms with Crippen molar-refractivity contribution in [1.82, 2.24) is 0 Å². The van der Waals surface area contributed by atoms with E-state index in [1.54, 1.807) is 0 Å². The van der Waals surface area contributed by atoms with Crippen molar-refractivity contribution in [2.45, 2.75) is 19.1 Å². The second-order valence-electron chi connectivity index (χ2n) is 3.40. The van der Waals surface area contributed by atoms with Gasteiger partial charge in [0.15, 0.2) is 0 Å². The largest absolute Gasteiger partial charge is 0.490 e. The van der Waals surface area contributed by atoms with Crippen molar-refractivity contribution in [3.63, 3.8) is 0 Å². The summed E-state index contributed by atoms with van der Waals surface area (Å²) in [5.74, 6) is 0.834. The Morgan fingerprint density at radius 1 is 1.54 bits per heavy atom. The maximum Gasteiger partial charge on any atom is 0.127 e. The van der Waals surface area contributed by atoms with Gasteiger partial charge < -0.3 is 15.6 Å². The van der Waals surface area contributed by atoms with Crippen LogP contribution in [0.3, 0.4) is 0 Å². The van der Waals surface area contributed by atoms with Crippen LogP contribution in [0.1, 0.15) is 17.2 Å². The Labute approximate surface area is 77.1 Å². The molecule has 3 heteroatoms. The van der Waals surface area contributed by atoms with Crippen LogP contribution < -0.4 is 10.5 Å². The minimum Gasteiger partial charge on any atom is -0.490 e. The summed E-state index contributed by atoms with van der Waals surface area (Å²) in [6.45, 7) is 2.27. The van der Waals surface area contributed by atoms with Crippen molar-refractivity contribution in [2.75, 3.05) is 6.61 Å². The summed E-state index contributed by atoms with van der Waals surface area (Å²) in [5.41, 5.74) is 7.80. The Bertz CT molecular complexity index is 325. The number of ether oxygens (including phenoxy) is 1. The van der Waals surface area contributed by atoms with Gasteiger partial charge in [0, 0.05) is 5.56 Å². The van der Waals surface area contributed by atoms with Crippen LogP contribution in [0.2, 0.25) is 0 Å². The lowest BCUT2D eigenvalue weighted by molar-refractivity contribution is 0.0674. The molecule has 1 aliphatic heterocycles. The third kappa shape index (κ3) is 1.30. The highest BCUT2D eigenvalue weighted by molar-refractivity contribution is 5.44. The van der Waals surface area contributed by atoms with E-state index in [1.165, 1.54) is 0 Å². The normalized spacial score (nSPS) is 26.4. The van der Waals surface area contributed by atoms with Gasteiger partial charge in [-0.15, -0.1) is 0 Å². The Balaban J connectivity index is 2.49. The van der Waals surface area contributed by atoms with E-state index in [-0.39, 0.29) is 6.04 Å². The smallest absolute Gasteiger partial charge is 0.127 e. The molecule has 1 aromatic rings. The molecule has 2 rings (SSSR count). The molecular weight excluding hydrogens is 166 g/mol. The third-order valence-electron chi connectivity index (χ3n) is 2.41. The van der Waals surface area contributed by atoms with Crippen molar-refractivity contribution >= 4 is 0 Å². The lowest BCUT2D eigenvalue weighted by Crippen LogP contribution is -2.35. The molecule has 0 saturated heterocycles. The molecule has 0 aromatic heterocycles. The number of hydrogen-bond acceptors (Lipinski definition) is 3. The van der Waals surface area contributed by atoms with Gasteiger partial charge in [0.1, 0.15) is 18.5 Å². The van der Waals surface area contributed by atoms with Crippen LogP contribution in [0.5, 0.6) is 5.75 Å². The molecule has 0 radical (unpaired) electrons. The van der Waals surface area contributed by atoms with Crippen LogP contribution in [-0.2, 0) is 0 Å². The lowest BCUT2D eigenvalue weighted by atomic mass is 9.97. The molecular formula is C10H13NO2. The Kier molecular flexibility index (Phi) is 1.98. The molecule has 2 atom stereocenters. The molecule has 1 aliphatic rings. The van der Waals surface area contributed by atoms with E-state index < -0.39 is 6.10 Å². The number of nitrogens with two attached hydrogens (primary N) is 1. The molecule has 3 N–H and O–H groups in total. The van der Waals surface area contributed by atoms with Gasteiger partial charge in [-0.25, -0.2) is 0 Å². The minimum atomic E-state index is -0.589. The maximum absolute atomic E-state index is 9.47. The monoisotopic (exact) mass is 179 g/mol. The van der Waals surface area contributed by atoms with Crippen molar-refractivity contribution in [1.29, 1.82) is 0 Å². The van der Waals surface area contributed by atoms with E-state index in [4.69, 9.17) is 10.5 Å². The summed E-state index contributed by atoms with van der Waals surface area (Å²) in [5, 5.41) is 9.47. The van der Waals surface area contributed by atoms with Crippen molar-refractivity contribution in [3.05, 3.63) is 29.3 Å². The number of rotatable bonds is 0. The zero-order valence-corrected chi connectivity index (χ0v) is 7.53. The van der Waals surface area contributed by atoms with Gasteiger partial charge >= 0.3 is 0 Å². The van der Waals surface area contributed by atoms with Crippen LogP contribution in [0.15, 0.2) is 18.2 Å². The van der Waals surface area contributed by atoms with E-state index in [0.29, 0.717) is 6.61 Å². The molecule has 0 aliphatic carbocycles. The summed E-state index contributed by atoms with van der Waals surface area (Å²) < 4.78 is 5.41. The quantitative estimate of drug-likeness (QED) is 0.618. The third-order valence-corrected chi connectivity index (χ3v) is 2.41. The van der Waals surface area contributed by atoms with E-state index in [0.717, 1.165) is 16.9 Å². The summed E-state index contributed by atoms with van der Waals surface area (Å²) in [6, 6.07) is 5.48. The van der Waals surface area contributed by atoms with Gasteiger partial charge in [-0.05, 0) is 12.5 Å². The Morgan fingerprint density at radius 3 is 3.08 bits per heavy atom. The summed E-state index contributed by atoms with van der Waals surface area (Å²) in [7, 11) is 0. The summed E-state index contributed by atoms with van der Waals surface area (Å²) in [6.07, 6.45) is -0.589. The van der Waals surface area contributed by atoms with Crippen molar-refractivity contribution in [3.8, 4) is 5.75 Å². The van der Waals surface area contributed by atoms with E-state index in [9.17, 15) is 5.11 Å². The predicted molar refractivity (Wildman–Crippen MR) is 49.6 cm³/mol. The Morgan fingerprint density at radius 2 is 2.31 bits per heavy atom. The lowest BCUT2D eigenvalue weighted by Gasteiger charge is -2.28. The first-order valence-electron chi connectivity index (χ1n) is 4.36. The first-order valence-corrected chi connectivity index (χ1v) is 4.36. The molecule has 70 valence electrons. The van der Waals surface area contributed by atoms with E-state index in [1.807, 2.05) is 25.1 Å². The van der Waals surface area contributed by atoms with Crippen LogP contribution in [0.25, 0.3) is 0 Å². The molecule has 0 amide bonds. The van der Waals surface area contributed by atoms with Crippen LogP contribution in [-0.4, -0.2) is 17.8 Å². The molecule has 0 spiro atoms. The SMILES string of the molecule is Cc1cccc2c1OC[C@H](O)[C@@H]2N. The zero-order valence-electron chi connectivity index (χ0n) is 7.53. The zero-order chi connectivity index (χ0) is 9.42. The predicted octanol–water partition coefficient (Wildman–Crippen LogP) is 0.748. The van der Waals surface area contributed by atoms with Crippen LogP contribution in [0.4, 0.5) is 0 Å². The highest BCUT2D eigenvalue weighted by atomic mass is 16.5. The highest BCUT2D eigenvalue weighted by Gasteiger charge is 2.26. The molecule has 0 unspecified atom stereocenters. The van der Waals surface area contributed by atoms with Gasteiger partial charge in [0.2, 0.25) is 0 Å². The molecule has 0 bridgehead atoms. The topological polar surface area (TPSA) is 55.5 Å². The molecule has 3 nitrogen and oxygen atoms in total. The molecule has 1 heterocycles. The standard InChI is InChI=1S/C10H13NO2/c1-6-3-2-4-7-9(11)8(12)5-13-10(6)7/h2-4,8-9,12H,5,11H2,1H3/t8-,9+/m0/s1. The van der Waals surface area contributed by atoms with E-state index >= 15 is 0 Å². The number of hydrogen-bond donors (Lipinski definition) is 2. The van der Waals surface area contributed by atoms with Crippen molar-refractivity contribution in [2.24, 2.45) is 5.73 Å². The Hall–Kier alpha value is -1.06. The van der Waals surface area contributed by atoms with Crippen LogP contribution in [0, 0.1) is 6.92 Å². The van der Waals surface area contributed by atoms with Gasteiger partial charge in [-0.2, -0.15) is 0 Å². The average Bonchev–Trinajstić information content (AvgIpc) is 2.12. The number of fused-ring (bicyclic) bond motifs is 1. The minimum absolute atomic E-state index is 0.291. The van der Waals surface area contributed by atoms with Gasteiger partial charge in [-0.1, -0.05) is 18.2 Å². The van der Waals surface area contributed by atoms with Crippen LogP contribution >= 0.6 is 0 Å². The second kappa shape index (κ2) is 3.01. The molecule has 0 saturated carbocycles. The number of aryl methyl sites for hydroxylation is 1. The molecule has 0 fully saturated rings. The second-order valence-corrected chi connectivity index (χ2v) is 3.40. The fourth-order valence-electron chi connectivity index (χ4n) is 1.61. The highest BCUT2D eigenvalue weighted by Crippen LogP contribution is 2.33. The number of benzene rings is 1. The maximum atomic E-state index is 9.47. The summed E-state index contributed by atoms with van der Waals surface area (Å²) >= 11 is 0. The average molecular weight is 179 g/mol. The summed E-state index contributed by atoms with van der Waals surface area (Å²) in [4.78, 5) is 0. The first-order chi connectivity index (χ1) is 6.20. The van der Waals surface area contributed by atoms with Gasteiger partial charge in [0.25, 0.3) is 0 Å².